The van der Waals surface area contributed by atoms with Crippen molar-refractivity contribution in [2.45, 2.75) is 6.82 Å². The number of hydrogen-bond donors (Lipinski definition) is 1. The zero-order valence-corrected chi connectivity index (χ0v) is 6.56. The van der Waals surface area contributed by atoms with Crippen LogP contribution >= 0.6 is 0 Å². The van der Waals surface area contributed by atoms with E-state index in [1.54, 1.807) is 7.11 Å². The van der Waals surface area contributed by atoms with Gasteiger partial charge in [0.25, 0.3) is 6.01 Å². The summed E-state index contributed by atoms with van der Waals surface area (Å²) in [5.74, 6) is 0. The summed E-state index contributed by atoms with van der Waals surface area (Å²) in [5, 5.41) is 0. The second-order valence-corrected chi connectivity index (χ2v) is 2.16. The van der Waals surface area contributed by atoms with Crippen molar-refractivity contribution in [3.05, 3.63) is 0 Å². The van der Waals surface area contributed by atoms with Gasteiger partial charge in [-0.05, 0) is 5.59 Å². The molecule has 0 bridgehead atoms. The molecule has 1 aromatic heterocycles. The fraction of sp³-hybridized carbons (Fsp3) is 0.400. The normalized spacial score (nSPS) is 9.40. The van der Waals surface area contributed by atoms with Gasteiger partial charge in [0.1, 0.15) is 0 Å². The van der Waals surface area contributed by atoms with E-state index >= 15 is 0 Å². The van der Waals surface area contributed by atoms with E-state index in [0.717, 1.165) is 18.5 Å². The first kappa shape index (κ1) is 7.25. The van der Waals surface area contributed by atoms with Gasteiger partial charge < -0.3 is 9.72 Å². The maximum absolute atomic E-state index is 4.91. The molecule has 3 nitrogen and oxygen atoms in total. The van der Waals surface area contributed by atoms with Gasteiger partial charge in [-0.2, -0.15) is 0 Å². The van der Waals surface area contributed by atoms with Crippen LogP contribution in [0.4, 0.5) is 0 Å². The van der Waals surface area contributed by atoms with E-state index in [0.29, 0.717) is 6.01 Å². The first-order valence-corrected chi connectivity index (χ1v) is 3.37. The molecule has 0 radical (unpaired) electrons. The molecule has 0 aliphatic carbocycles. The van der Waals surface area contributed by atoms with E-state index in [2.05, 4.69) is 16.8 Å². The van der Waals surface area contributed by atoms with Crippen molar-refractivity contribution in [3.63, 3.8) is 0 Å². The van der Waals surface area contributed by atoms with E-state index in [9.17, 15) is 0 Å². The summed E-state index contributed by atoms with van der Waals surface area (Å²) in [6.45, 7) is 2.08. The summed E-state index contributed by atoms with van der Waals surface area (Å²) in [6.07, 6.45) is 0. The summed E-state index contributed by atoms with van der Waals surface area (Å²) in [6, 6.07) is 0.606. The SMILES string of the molecule is Bc1nc(OC)[nH]c1BC. The van der Waals surface area contributed by atoms with E-state index in [1.165, 1.54) is 0 Å². The minimum absolute atomic E-state index is 0.606. The Morgan fingerprint density at radius 3 is 2.70 bits per heavy atom. The van der Waals surface area contributed by atoms with Gasteiger partial charge in [0, 0.05) is 5.59 Å². The average Bonchev–Trinajstić information content (AvgIpc) is 2.30. The molecule has 0 saturated carbocycles. The number of hydrogen-bond acceptors (Lipinski definition) is 2. The van der Waals surface area contributed by atoms with E-state index < -0.39 is 0 Å². The largest absolute Gasteiger partial charge is 0.468 e. The lowest BCUT2D eigenvalue weighted by atomic mass is 9.73. The lowest BCUT2D eigenvalue weighted by molar-refractivity contribution is 0.385. The molecule has 0 fully saturated rings. The molecule has 10 heavy (non-hydrogen) atoms. The number of H-pyrrole nitrogens is 1. The van der Waals surface area contributed by atoms with Crippen molar-refractivity contribution in [2.24, 2.45) is 0 Å². The molecule has 0 aromatic carbocycles. The Morgan fingerprint density at radius 1 is 1.70 bits per heavy atom. The van der Waals surface area contributed by atoms with Gasteiger partial charge in [-0.25, -0.2) is 4.98 Å². The van der Waals surface area contributed by atoms with Crippen molar-refractivity contribution in [1.82, 2.24) is 9.97 Å². The minimum Gasteiger partial charge on any atom is -0.468 e. The van der Waals surface area contributed by atoms with Crippen LogP contribution in [-0.2, 0) is 0 Å². The maximum atomic E-state index is 4.91. The maximum Gasteiger partial charge on any atom is 0.292 e. The highest BCUT2D eigenvalue weighted by molar-refractivity contribution is 6.58. The molecule has 0 spiro atoms. The second-order valence-electron chi connectivity index (χ2n) is 2.16. The third-order valence-electron chi connectivity index (χ3n) is 1.51. The lowest BCUT2D eigenvalue weighted by Crippen LogP contribution is -2.29. The van der Waals surface area contributed by atoms with Crippen LogP contribution in [0.15, 0.2) is 0 Å². The zero-order valence-electron chi connectivity index (χ0n) is 6.56. The molecule has 1 aromatic rings. The van der Waals surface area contributed by atoms with Crippen molar-refractivity contribution < 1.29 is 4.74 Å². The molecule has 0 amide bonds. The Hall–Kier alpha value is -0.860. The third-order valence-corrected chi connectivity index (χ3v) is 1.51. The van der Waals surface area contributed by atoms with Crippen molar-refractivity contribution in [3.8, 4) is 6.01 Å². The molecule has 0 aliphatic rings. The lowest BCUT2D eigenvalue weighted by Gasteiger charge is -1.88. The van der Waals surface area contributed by atoms with Gasteiger partial charge >= 0.3 is 0 Å². The summed E-state index contributed by atoms with van der Waals surface area (Å²) in [5.41, 5.74) is 2.18. The van der Waals surface area contributed by atoms with E-state index in [1.807, 2.05) is 7.85 Å². The van der Waals surface area contributed by atoms with Crippen LogP contribution in [-0.4, -0.2) is 32.2 Å². The first-order chi connectivity index (χ1) is 4.77. The van der Waals surface area contributed by atoms with E-state index in [-0.39, 0.29) is 0 Å². The monoisotopic (exact) mass is 136 g/mol. The number of nitrogens with zero attached hydrogens (tertiary/aromatic N) is 1. The number of aromatic amines is 1. The number of rotatable bonds is 2. The van der Waals surface area contributed by atoms with Crippen molar-refractivity contribution >= 4 is 26.3 Å². The third kappa shape index (κ3) is 1.17. The Morgan fingerprint density at radius 2 is 2.40 bits per heavy atom. The van der Waals surface area contributed by atoms with Crippen LogP contribution in [0.25, 0.3) is 0 Å². The summed E-state index contributed by atoms with van der Waals surface area (Å²) >= 11 is 0. The fourth-order valence-corrected chi connectivity index (χ4v) is 0.908. The number of aromatic nitrogens is 2. The van der Waals surface area contributed by atoms with Gasteiger partial charge in [-0.1, -0.05) is 6.82 Å². The van der Waals surface area contributed by atoms with Crippen molar-refractivity contribution in [2.75, 3.05) is 7.11 Å². The predicted octanol–water partition coefficient (Wildman–Crippen LogP) is -2.21. The molecule has 5 heteroatoms. The predicted molar refractivity (Wildman–Crippen MR) is 46.0 cm³/mol. The first-order valence-electron chi connectivity index (χ1n) is 3.37. The number of ether oxygens (including phenoxy) is 1. The number of methoxy groups -OCH3 is 1. The molecular weight excluding hydrogens is 126 g/mol. The highest BCUT2D eigenvalue weighted by atomic mass is 16.5. The molecule has 1 N–H and O–H groups in total. The highest BCUT2D eigenvalue weighted by Gasteiger charge is 2.02. The number of nitrogens with one attached hydrogen (secondary N) is 1. The highest BCUT2D eigenvalue weighted by Crippen LogP contribution is 1.91. The minimum atomic E-state index is 0.606. The standard InChI is InChI=1S/C5H10B2N2O/c1-7-4-3(6)8-5(9-4)10-2/h7H,6H2,1-2H3,(H,8,9). The Bertz CT molecular complexity index is 223. The van der Waals surface area contributed by atoms with Crippen LogP contribution in [0.3, 0.4) is 0 Å². The Kier molecular flexibility index (Phi) is 2.04. The Balaban J connectivity index is 2.92. The van der Waals surface area contributed by atoms with Crippen LogP contribution in [0.1, 0.15) is 0 Å². The van der Waals surface area contributed by atoms with Gasteiger partial charge in [0.05, 0.1) is 7.11 Å². The number of imidazole rings is 1. The van der Waals surface area contributed by atoms with Gasteiger partial charge in [0.15, 0.2) is 15.1 Å². The van der Waals surface area contributed by atoms with Crippen molar-refractivity contribution in [1.29, 1.82) is 0 Å². The summed E-state index contributed by atoms with van der Waals surface area (Å²) in [7, 11) is 4.55. The fourth-order valence-electron chi connectivity index (χ4n) is 0.908. The summed E-state index contributed by atoms with van der Waals surface area (Å²) in [4.78, 5) is 7.17. The molecular formula is C5H10B2N2O. The van der Waals surface area contributed by atoms with Gasteiger partial charge in [0.2, 0.25) is 0 Å². The molecule has 0 atom stereocenters. The van der Waals surface area contributed by atoms with E-state index in [4.69, 9.17) is 4.74 Å². The zero-order chi connectivity index (χ0) is 7.56. The topological polar surface area (TPSA) is 37.9 Å². The molecule has 0 unspecified atom stereocenters. The quantitative estimate of drug-likeness (QED) is 0.467. The Labute approximate surface area is 61.8 Å². The van der Waals surface area contributed by atoms with Gasteiger partial charge in [-0.3, -0.25) is 0 Å². The van der Waals surface area contributed by atoms with Crippen LogP contribution in [0.2, 0.25) is 6.82 Å². The molecule has 52 valence electrons. The smallest absolute Gasteiger partial charge is 0.292 e. The molecule has 0 aliphatic heterocycles. The van der Waals surface area contributed by atoms with Crippen LogP contribution < -0.4 is 15.9 Å². The molecule has 1 heterocycles. The van der Waals surface area contributed by atoms with Crippen LogP contribution in [0, 0.1) is 0 Å². The molecule has 1 rings (SSSR count). The second kappa shape index (κ2) is 2.82. The summed E-state index contributed by atoms with van der Waals surface area (Å²) < 4.78 is 4.91. The van der Waals surface area contributed by atoms with Crippen LogP contribution in [0.5, 0.6) is 6.01 Å². The average molecular weight is 136 g/mol. The van der Waals surface area contributed by atoms with Gasteiger partial charge in [-0.15, -0.1) is 0 Å². The molecule has 0 saturated heterocycles.